The van der Waals surface area contributed by atoms with E-state index in [1.54, 1.807) is 23.9 Å². The van der Waals surface area contributed by atoms with Crippen LogP contribution < -0.4 is 10.5 Å². The minimum Gasteiger partial charge on any atom is -0.495 e. The Morgan fingerprint density at radius 2 is 1.92 bits per heavy atom. The lowest BCUT2D eigenvalue weighted by Gasteiger charge is -2.10. The minimum atomic E-state index is -0.307. The molecule has 0 atom stereocenters. The highest BCUT2D eigenvalue weighted by molar-refractivity contribution is 5.69. The molecule has 0 radical (unpaired) electrons. The van der Waals surface area contributed by atoms with Gasteiger partial charge in [0.15, 0.2) is 5.82 Å². The van der Waals surface area contributed by atoms with Gasteiger partial charge in [-0.3, -0.25) is 4.98 Å². The lowest BCUT2D eigenvalue weighted by Crippen LogP contribution is -2.09. The van der Waals surface area contributed by atoms with Gasteiger partial charge in [0.1, 0.15) is 17.3 Å². The third-order valence-electron chi connectivity index (χ3n) is 3.79. The SMILES string of the molecule is COc1c(C)cc(Cn2nnc(-c3ccc(F)cc3)c2N)nc1C. The second kappa shape index (κ2) is 6.27. The van der Waals surface area contributed by atoms with Crippen molar-refractivity contribution in [3.8, 4) is 17.0 Å². The summed E-state index contributed by atoms with van der Waals surface area (Å²) in [5, 5.41) is 8.19. The fourth-order valence-corrected chi connectivity index (χ4v) is 2.69. The molecule has 6 nitrogen and oxygen atoms in total. The van der Waals surface area contributed by atoms with Crippen molar-refractivity contribution in [2.24, 2.45) is 0 Å². The summed E-state index contributed by atoms with van der Waals surface area (Å²) in [6, 6.07) is 7.92. The summed E-state index contributed by atoms with van der Waals surface area (Å²) in [6.07, 6.45) is 0. The van der Waals surface area contributed by atoms with E-state index in [1.165, 1.54) is 12.1 Å². The van der Waals surface area contributed by atoms with Crippen LogP contribution in [0.15, 0.2) is 30.3 Å². The summed E-state index contributed by atoms with van der Waals surface area (Å²) in [5.74, 6) is 0.880. The maximum atomic E-state index is 13.0. The van der Waals surface area contributed by atoms with Gasteiger partial charge in [0.05, 0.1) is 25.0 Å². The molecule has 2 heterocycles. The number of ether oxygens (including phenoxy) is 1. The van der Waals surface area contributed by atoms with Gasteiger partial charge < -0.3 is 10.5 Å². The minimum absolute atomic E-state index is 0.307. The number of nitrogen functional groups attached to an aromatic ring is 1. The number of anilines is 1. The molecule has 0 aliphatic rings. The molecule has 1 aromatic carbocycles. The van der Waals surface area contributed by atoms with Crippen LogP contribution in [0.1, 0.15) is 17.0 Å². The fraction of sp³-hybridized carbons (Fsp3) is 0.235. The van der Waals surface area contributed by atoms with Crippen molar-refractivity contribution < 1.29 is 9.13 Å². The number of benzene rings is 1. The van der Waals surface area contributed by atoms with Gasteiger partial charge in [-0.2, -0.15) is 0 Å². The van der Waals surface area contributed by atoms with Gasteiger partial charge in [-0.05, 0) is 49.7 Å². The number of aromatic nitrogens is 4. The van der Waals surface area contributed by atoms with E-state index in [0.29, 0.717) is 18.1 Å². The predicted octanol–water partition coefficient (Wildman–Crippen LogP) is 2.74. The van der Waals surface area contributed by atoms with Crippen molar-refractivity contribution in [3.05, 3.63) is 53.1 Å². The maximum Gasteiger partial charge on any atom is 0.150 e. The van der Waals surface area contributed by atoms with Crippen molar-refractivity contribution in [1.82, 2.24) is 20.0 Å². The molecular weight excluding hydrogens is 309 g/mol. The molecule has 0 aliphatic carbocycles. The number of nitrogens with zero attached hydrogens (tertiary/aromatic N) is 4. The van der Waals surface area contributed by atoms with E-state index >= 15 is 0 Å². The first-order chi connectivity index (χ1) is 11.5. The van der Waals surface area contributed by atoms with Gasteiger partial charge in [-0.25, -0.2) is 9.07 Å². The van der Waals surface area contributed by atoms with Gasteiger partial charge in [-0.15, -0.1) is 5.10 Å². The Hall–Kier alpha value is -2.96. The van der Waals surface area contributed by atoms with Crippen LogP contribution in [0.5, 0.6) is 5.75 Å². The van der Waals surface area contributed by atoms with Crippen LogP contribution in [-0.4, -0.2) is 27.1 Å². The molecule has 2 N–H and O–H groups in total. The monoisotopic (exact) mass is 327 g/mol. The van der Waals surface area contributed by atoms with Gasteiger partial charge >= 0.3 is 0 Å². The molecule has 124 valence electrons. The molecule has 7 heteroatoms. The largest absolute Gasteiger partial charge is 0.495 e. The Kier molecular flexibility index (Phi) is 4.16. The van der Waals surface area contributed by atoms with Gasteiger partial charge in [0.25, 0.3) is 0 Å². The highest BCUT2D eigenvalue weighted by atomic mass is 19.1. The summed E-state index contributed by atoms with van der Waals surface area (Å²) < 4.78 is 19.9. The molecule has 0 amide bonds. The molecule has 0 unspecified atom stereocenters. The van der Waals surface area contributed by atoms with E-state index in [1.807, 2.05) is 19.9 Å². The Labute approximate surface area is 139 Å². The number of hydrogen-bond donors (Lipinski definition) is 1. The molecule has 0 fully saturated rings. The molecule has 0 spiro atoms. The summed E-state index contributed by atoms with van der Waals surface area (Å²) in [4.78, 5) is 4.52. The van der Waals surface area contributed by atoms with E-state index in [0.717, 1.165) is 28.3 Å². The first-order valence-corrected chi connectivity index (χ1v) is 7.45. The predicted molar refractivity (Wildman–Crippen MR) is 89.2 cm³/mol. The van der Waals surface area contributed by atoms with Gasteiger partial charge in [0.2, 0.25) is 0 Å². The maximum absolute atomic E-state index is 13.0. The van der Waals surface area contributed by atoms with E-state index in [-0.39, 0.29) is 5.82 Å². The molecular formula is C17H18FN5O. The lowest BCUT2D eigenvalue weighted by molar-refractivity contribution is 0.405. The number of methoxy groups -OCH3 is 1. The molecule has 3 aromatic rings. The smallest absolute Gasteiger partial charge is 0.150 e. The molecule has 3 rings (SSSR count). The van der Waals surface area contributed by atoms with Crippen LogP contribution >= 0.6 is 0 Å². The topological polar surface area (TPSA) is 78.8 Å². The van der Waals surface area contributed by atoms with Gasteiger partial charge in [0, 0.05) is 5.56 Å². The number of aryl methyl sites for hydroxylation is 2. The third kappa shape index (κ3) is 2.92. The zero-order valence-electron chi connectivity index (χ0n) is 13.7. The molecule has 24 heavy (non-hydrogen) atoms. The molecule has 0 saturated carbocycles. The van der Waals surface area contributed by atoms with Crippen molar-refractivity contribution in [2.75, 3.05) is 12.8 Å². The van der Waals surface area contributed by atoms with E-state index in [4.69, 9.17) is 10.5 Å². The Morgan fingerprint density at radius 1 is 1.21 bits per heavy atom. The van der Waals surface area contributed by atoms with Crippen molar-refractivity contribution in [1.29, 1.82) is 0 Å². The summed E-state index contributed by atoms with van der Waals surface area (Å²) in [6.45, 7) is 4.25. The first-order valence-electron chi connectivity index (χ1n) is 7.45. The molecule has 0 saturated heterocycles. The van der Waals surface area contributed by atoms with Crippen LogP contribution in [0.25, 0.3) is 11.3 Å². The zero-order chi connectivity index (χ0) is 17.3. The lowest BCUT2D eigenvalue weighted by atomic mass is 10.1. The second-order valence-corrected chi connectivity index (χ2v) is 5.54. The molecule has 2 aromatic heterocycles. The normalized spacial score (nSPS) is 10.8. The van der Waals surface area contributed by atoms with Crippen LogP contribution in [-0.2, 0) is 6.54 Å². The average molecular weight is 327 g/mol. The number of hydrogen-bond acceptors (Lipinski definition) is 5. The van der Waals surface area contributed by atoms with E-state index in [2.05, 4.69) is 15.3 Å². The number of halogens is 1. The van der Waals surface area contributed by atoms with Gasteiger partial charge in [-0.1, -0.05) is 5.21 Å². The van der Waals surface area contributed by atoms with E-state index in [9.17, 15) is 4.39 Å². The summed E-state index contributed by atoms with van der Waals surface area (Å²) in [5.41, 5.74) is 10.0. The Bertz CT molecular complexity index is 850. The van der Waals surface area contributed by atoms with Crippen molar-refractivity contribution >= 4 is 5.82 Å². The van der Waals surface area contributed by atoms with Crippen LogP contribution in [0.2, 0.25) is 0 Å². The quantitative estimate of drug-likeness (QED) is 0.797. The standard InChI is InChI=1S/C17H18FN5O/c1-10-8-14(20-11(2)16(10)24-3)9-23-17(19)15(21-22-23)12-4-6-13(18)7-5-12/h4-8H,9,19H2,1-3H3. The first kappa shape index (κ1) is 15.9. The number of rotatable bonds is 4. The Balaban J connectivity index is 1.91. The highest BCUT2D eigenvalue weighted by Gasteiger charge is 2.14. The third-order valence-corrected chi connectivity index (χ3v) is 3.79. The highest BCUT2D eigenvalue weighted by Crippen LogP contribution is 2.25. The van der Waals surface area contributed by atoms with Crippen molar-refractivity contribution in [2.45, 2.75) is 20.4 Å². The number of nitrogens with two attached hydrogens (primary N) is 1. The van der Waals surface area contributed by atoms with Crippen LogP contribution in [0.3, 0.4) is 0 Å². The average Bonchev–Trinajstić information content (AvgIpc) is 2.89. The Morgan fingerprint density at radius 3 is 2.54 bits per heavy atom. The second-order valence-electron chi connectivity index (χ2n) is 5.54. The molecule has 0 aliphatic heterocycles. The van der Waals surface area contributed by atoms with E-state index < -0.39 is 0 Å². The summed E-state index contributed by atoms with van der Waals surface area (Å²) in [7, 11) is 1.63. The zero-order valence-corrected chi connectivity index (χ0v) is 13.7. The fourth-order valence-electron chi connectivity index (χ4n) is 2.69. The number of pyridine rings is 1. The van der Waals surface area contributed by atoms with Crippen molar-refractivity contribution in [3.63, 3.8) is 0 Å². The van der Waals surface area contributed by atoms with Crippen LogP contribution in [0, 0.1) is 19.7 Å². The summed E-state index contributed by atoms with van der Waals surface area (Å²) >= 11 is 0. The van der Waals surface area contributed by atoms with Crippen LogP contribution in [0.4, 0.5) is 10.2 Å². The molecule has 0 bridgehead atoms.